The fraction of sp³-hybridized carbons (Fsp3) is 0.300. The molecule has 0 unspecified atom stereocenters. The molecule has 0 atom stereocenters. The Bertz CT molecular complexity index is 1030. The molecule has 0 spiro atoms. The van der Waals surface area contributed by atoms with Crippen LogP contribution in [0.2, 0.25) is 0 Å². The van der Waals surface area contributed by atoms with Crippen LogP contribution >= 0.6 is 0 Å². The van der Waals surface area contributed by atoms with E-state index in [9.17, 15) is 4.79 Å². The number of nitrogens with one attached hydrogen (secondary N) is 1. The van der Waals surface area contributed by atoms with E-state index in [0.29, 0.717) is 29.1 Å². The van der Waals surface area contributed by atoms with Gasteiger partial charge >= 0.3 is 0 Å². The molecule has 2 heterocycles. The van der Waals surface area contributed by atoms with Gasteiger partial charge in [0.05, 0.1) is 14.2 Å². The second kappa shape index (κ2) is 7.07. The number of aromatic amines is 1. The third kappa shape index (κ3) is 2.77. The molecule has 26 heavy (non-hydrogen) atoms. The normalized spacial score (nSPS) is 10.9. The van der Waals surface area contributed by atoms with E-state index in [-0.39, 0.29) is 5.56 Å². The fourth-order valence-electron chi connectivity index (χ4n) is 3.19. The number of rotatable bonds is 6. The number of ether oxygens (including phenoxy) is 2. The monoisotopic (exact) mass is 353 g/mol. The van der Waals surface area contributed by atoms with Crippen LogP contribution in [0.5, 0.6) is 11.5 Å². The molecule has 2 aromatic heterocycles. The van der Waals surface area contributed by atoms with Crippen molar-refractivity contribution in [1.29, 1.82) is 0 Å². The zero-order valence-corrected chi connectivity index (χ0v) is 15.5. The highest BCUT2D eigenvalue weighted by molar-refractivity contribution is 5.81. The molecule has 0 radical (unpaired) electrons. The largest absolute Gasteiger partial charge is 0.493 e. The molecule has 6 nitrogen and oxygen atoms in total. The van der Waals surface area contributed by atoms with Crippen molar-refractivity contribution in [3.63, 3.8) is 0 Å². The molecule has 0 fully saturated rings. The number of H-pyrrole nitrogens is 1. The highest BCUT2D eigenvalue weighted by Gasteiger charge is 2.19. The molecule has 0 aliphatic heterocycles. The maximum atomic E-state index is 12.9. The second-order valence-corrected chi connectivity index (χ2v) is 6.02. The van der Waals surface area contributed by atoms with Crippen LogP contribution in [0.15, 0.2) is 35.6 Å². The van der Waals surface area contributed by atoms with Crippen molar-refractivity contribution in [2.45, 2.75) is 26.7 Å². The minimum atomic E-state index is -0.0890. The predicted octanol–water partition coefficient (Wildman–Crippen LogP) is 3.31. The van der Waals surface area contributed by atoms with E-state index in [0.717, 1.165) is 28.9 Å². The minimum absolute atomic E-state index is 0.0890. The molecule has 0 aliphatic rings. The summed E-state index contributed by atoms with van der Waals surface area (Å²) >= 11 is 0. The van der Waals surface area contributed by atoms with Gasteiger partial charge in [0, 0.05) is 22.5 Å². The van der Waals surface area contributed by atoms with Crippen LogP contribution in [0.25, 0.3) is 16.8 Å². The summed E-state index contributed by atoms with van der Waals surface area (Å²) in [5.41, 5.74) is 4.66. The van der Waals surface area contributed by atoms with Gasteiger partial charge in [-0.05, 0) is 37.5 Å². The molecule has 136 valence electrons. The Labute approximate surface area is 152 Å². The van der Waals surface area contributed by atoms with Gasteiger partial charge in [0.2, 0.25) is 0 Å². The van der Waals surface area contributed by atoms with Crippen molar-refractivity contribution in [3.05, 3.63) is 58.2 Å². The van der Waals surface area contributed by atoms with Crippen molar-refractivity contribution in [2.24, 2.45) is 0 Å². The predicted molar refractivity (Wildman–Crippen MR) is 102 cm³/mol. The van der Waals surface area contributed by atoms with Gasteiger partial charge in [-0.15, -0.1) is 6.58 Å². The number of fused-ring (bicyclic) bond motifs is 1. The van der Waals surface area contributed by atoms with Crippen LogP contribution < -0.4 is 15.0 Å². The number of aryl methyl sites for hydroxylation is 2. The van der Waals surface area contributed by atoms with E-state index in [4.69, 9.17) is 14.5 Å². The van der Waals surface area contributed by atoms with Crippen LogP contribution in [-0.4, -0.2) is 28.8 Å². The average molecular weight is 353 g/mol. The lowest BCUT2D eigenvalue weighted by Gasteiger charge is -2.10. The minimum Gasteiger partial charge on any atom is -0.493 e. The van der Waals surface area contributed by atoms with Crippen LogP contribution in [0.3, 0.4) is 0 Å². The maximum absolute atomic E-state index is 12.9. The van der Waals surface area contributed by atoms with Crippen LogP contribution in [0.4, 0.5) is 0 Å². The summed E-state index contributed by atoms with van der Waals surface area (Å²) in [6, 6.07) is 5.71. The summed E-state index contributed by atoms with van der Waals surface area (Å²) < 4.78 is 12.3. The van der Waals surface area contributed by atoms with Gasteiger partial charge in [-0.3, -0.25) is 9.89 Å². The van der Waals surface area contributed by atoms with E-state index in [1.807, 2.05) is 32.0 Å². The summed E-state index contributed by atoms with van der Waals surface area (Å²) in [5.74, 6) is 1.29. The number of benzene rings is 1. The summed E-state index contributed by atoms with van der Waals surface area (Å²) in [6.45, 7) is 7.63. The van der Waals surface area contributed by atoms with E-state index >= 15 is 0 Å². The van der Waals surface area contributed by atoms with Crippen molar-refractivity contribution < 1.29 is 9.47 Å². The van der Waals surface area contributed by atoms with Gasteiger partial charge in [0.15, 0.2) is 17.1 Å². The van der Waals surface area contributed by atoms with Crippen LogP contribution in [-0.2, 0) is 12.8 Å². The fourth-order valence-corrected chi connectivity index (χ4v) is 3.19. The maximum Gasteiger partial charge on any atom is 0.276 e. The third-order valence-corrected chi connectivity index (χ3v) is 4.53. The Morgan fingerprint density at radius 3 is 2.62 bits per heavy atom. The zero-order chi connectivity index (χ0) is 18.8. The Balaban J connectivity index is 2.32. The van der Waals surface area contributed by atoms with Crippen LogP contribution in [0.1, 0.15) is 23.9 Å². The summed E-state index contributed by atoms with van der Waals surface area (Å²) in [7, 11) is 3.21. The molecule has 0 aliphatic carbocycles. The number of aromatic nitrogens is 3. The molecule has 1 N–H and O–H groups in total. The molecule has 0 saturated heterocycles. The van der Waals surface area contributed by atoms with Gasteiger partial charge in [-0.1, -0.05) is 19.1 Å². The first-order valence-corrected chi connectivity index (χ1v) is 8.52. The Morgan fingerprint density at radius 1 is 1.27 bits per heavy atom. The van der Waals surface area contributed by atoms with Crippen LogP contribution in [0, 0.1) is 6.92 Å². The summed E-state index contributed by atoms with van der Waals surface area (Å²) in [4.78, 5) is 17.6. The van der Waals surface area contributed by atoms with Gasteiger partial charge < -0.3 is 9.47 Å². The lowest BCUT2D eigenvalue weighted by Crippen LogP contribution is -2.21. The summed E-state index contributed by atoms with van der Waals surface area (Å²) in [6.07, 6.45) is 2.95. The number of hydrogen-bond donors (Lipinski definition) is 1. The zero-order valence-electron chi connectivity index (χ0n) is 15.5. The number of nitrogens with zero attached hydrogens (tertiary/aromatic N) is 2. The Kier molecular flexibility index (Phi) is 4.84. The highest BCUT2D eigenvalue weighted by atomic mass is 16.5. The third-order valence-electron chi connectivity index (χ3n) is 4.53. The van der Waals surface area contributed by atoms with Crippen molar-refractivity contribution in [1.82, 2.24) is 14.6 Å². The molecule has 0 amide bonds. The Hall–Kier alpha value is -3.02. The lowest BCUT2D eigenvalue weighted by molar-refractivity contribution is 0.355. The topological polar surface area (TPSA) is 68.6 Å². The molecular formula is C20H23N3O3. The lowest BCUT2D eigenvalue weighted by atomic mass is 10.0. The van der Waals surface area contributed by atoms with Gasteiger partial charge in [0.25, 0.3) is 5.56 Å². The number of allylic oxidation sites excluding steroid dienone is 1. The van der Waals surface area contributed by atoms with Crippen molar-refractivity contribution >= 4 is 5.65 Å². The molecular weight excluding hydrogens is 330 g/mol. The second-order valence-electron chi connectivity index (χ2n) is 6.02. The highest BCUT2D eigenvalue weighted by Crippen LogP contribution is 2.35. The number of methoxy groups -OCH3 is 2. The first-order valence-electron chi connectivity index (χ1n) is 8.52. The summed E-state index contributed by atoms with van der Waals surface area (Å²) in [5, 5.41) is 3.21. The van der Waals surface area contributed by atoms with Crippen molar-refractivity contribution in [2.75, 3.05) is 14.2 Å². The smallest absolute Gasteiger partial charge is 0.276 e. The molecule has 3 aromatic rings. The van der Waals surface area contributed by atoms with Gasteiger partial charge in [-0.2, -0.15) is 0 Å². The van der Waals surface area contributed by atoms with E-state index < -0.39 is 0 Å². The average Bonchev–Trinajstić information content (AvgIpc) is 3.03. The molecule has 0 saturated carbocycles. The van der Waals surface area contributed by atoms with E-state index in [2.05, 4.69) is 11.7 Å². The molecule has 3 rings (SSSR count). The number of hydrogen-bond acceptors (Lipinski definition) is 4. The van der Waals surface area contributed by atoms with Crippen molar-refractivity contribution in [3.8, 4) is 22.6 Å². The molecule has 1 aromatic carbocycles. The first-order chi connectivity index (χ1) is 12.5. The molecule has 6 heteroatoms. The first kappa shape index (κ1) is 17.8. The Morgan fingerprint density at radius 2 is 2.00 bits per heavy atom. The van der Waals surface area contributed by atoms with E-state index in [1.54, 1.807) is 20.3 Å². The quantitative estimate of drug-likeness (QED) is 0.691. The SMILES string of the molecule is C=CCc1c(C)nc2c(-c3ccc(OC)c(OC)c3)c(CC)[nH]n2c1=O. The molecule has 0 bridgehead atoms. The standard InChI is InChI=1S/C20H23N3O3/c1-6-8-14-12(3)21-19-18(15(7-2)22-23(19)20(14)24)13-9-10-16(25-4)17(11-13)26-5/h6,9-11,22H,1,7-8H2,2-5H3. The van der Waals surface area contributed by atoms with Gasteiger partial charge in [-0.25, -0.2) is 9.50 Å². The van der Waals surface area contributed by atoms with E-state index in [1.165, 1.54) is 4.52 Å². The van der Waals surface area contributed by atoms with Gasteiger partial charge in [0.1, 0.15) is 0 Å².